The SMILES string of the molecule is Cc1cccc2c(C[C@H](NC(=O)[C@@]34CC[C@@H](O3)c3ccccc34)OB(O)O)coc12. The first-order valence-corrected chi connectivity index (χ1v) is 10.0. The van der Waals surface area contributed by atoms with E-state index in [1.54, 1.807) is 6.26 Å². The van der Waals surface area contributed by atoms with E-state index in [1.807, 2.05) is 49.4 Å². The molecule has 3 aromatic rings. The molecule has 1 fully saturated rings. The minimum absolute atomic E-state index is 0.0875. The van der Waals surface area contributed by atoms with Crippen molar-refractivity contribution in [3.8, 4) is 0 Å². The maximum Gasteiger partial charge on any atom is 0.635 e. The third-order valence-electron chi connectivity index (χ3n) is 6.07. The summed E-state index contributed by atoms with van der Waals surface area (Å²) in [4.78, 5) is 13.3. The van der Waals surface area contributed by atoms with Gasteiger partial charge in [-0.15, -0.1) is 0 Å². The van der Waals surface area contributed by atoms with Crippen LogP contribution in [0.4, 0.5) is 0 Å². The molecule has 0 unspecified atom stereocenters. The van der Waals surface area contributed by atoms with Crippen molar-refractivity contribution in [1.82, 2.24) is 5.32 Å². The number of carbonyl (C=O) groups excluding carboxylic acids is 1. The molecule has 2 aliphatic rings. The minimum Gasteiger partial charge on any atom is -0.464 e. The first-order chi connectivity index (χ1) is 14.5. The van der Waals surface area contributed by atoms with Gasteiger partial charge in [0.15, 0.2) is 5.60 Å². The monoisotopic (exact) mass is 407 g/mol. The van der Waals surface area contributed by atoms with Crippen LogP contribution in [0.15, 0.2) is 53.1 Å². The van der Waals surface area contributed by atoms with E-state index in [0.29, 0.717) is 6.42 Å². The fourth-order valence-corrected chi connectivity index (χ4v) is 4.70. The molecule has 2 aliphatic heterocycles. The molecular formula is C22H22BNO6. The molecule has 154 valence electrons. The van der Waals surface area contributed by atoms with Gasteiger partial charge in [0.05, 0.1) is 12.4 Å². The maximum absolute atomic E-state index is 13.3. The van der Waals surface area contributed by atoms with E-state index in [4.69, 9.17) is 13.8 Å². The van der Waals surface area contributed by atoms with Crippen molar-refractivity contribution in [3.63, 3.8) is 0 Å². The van der Waals surface area contributed by atoms with Crippen LogP contribution in [0.25, 0.3) is 11.0 Å². The number of carbonyl (C=O) groups is 1. The van der Waals surface area contributed by atoms with Crippen LogP contribution in [-0.2, 0) is 26.2 Å². The van der Waals surface area contributed by atoms with Gasteiger partial charge in [-0.05, 0) is 36.5 Å². The van der Waals surface area contributed by atoms with E-state index in [-0.39, 0.29) is 18.4 Å². The van der Waals surface area contributed by atoms with Gasteiger partial charge in [0.25, 0.3) is 5.91 Å². The molecule has 1 amide bonds. The highest BCUT2D eigenvalue weighted by Crippen LogP contribution is 2.54. The van der Waals surface area contributed by atoms with Gasteiger partial charge < -0.3 is 29.2 Å². The number of benzene rings is 2. The lowest BCUT2D eigenvalue weighted by Gasteiger charge is -2.28. The lowest BCUT2D eigenvalue weighted by molar-refractivity contribution is -0.147. The zero-order chi connectivity index (χ0) is 20.9. The first-order valence-electron chi connectivity index (χ1n) is 10.0. The lowest BCUT2D eigenvalue weighted by atomic mass is 9.81. The fraction of sp³-hybridized carbons (Fsp3) is 0.318. The molecule has 2 bridgehead atoms. The largest absolute Gasteiger partial charge is 0.635 e. The summed E-state index contributed by atoms with van der Waals surface area (Å²) >= 11 is 0. The Kier molecular flexibility index (Phi) is 4.67. The molecule has 0 radical (unpaired) electrons. The Morgan fingerprint density at radius 1 is 1.30 bits per heavy atom. The third-order valence-corrected chi connectivity index (χ3v) is 6.07. The molecule has 1 aromatic heterocycles. The highest BCUT2D eigenvalue weighted by atomic mass is 16.6. The topological polar surface area (TPSA) is 101 Å². The van der Waals surface area contributed by atoms with Crippen molar-refractivity contribution in [3.05, 3.63) is 71.0 Å². The summed E-state index contributed by atoms with van der Waals surface area (Å²) in [5.74, 6) is -0.343. The third kappa shape index (κ3) is 3.04. The number of ether oxygens (including phenoxy) is 1. The van der Waals surface area contributed by atoms with Gasteiger partial charge in [-0.25, -0.2) is 0 Å². The smallest absolute Gasteiger partial charge is 0.464 e. The van der Waals surface area contributed by atoms with Crippen molar-refractivity contribution in [2.75, 3.05) is 0 Å². The second-order valence-corrected chi connectivity index (χ2v) is 7.90. The second kappa shape index (κ2) is 7.25. The van der Waals surface area contributed by atoms with Crippen molar-refractivity contribution < 1.29 is 28.7 Å². The zero-order valence-corrected chi connectivity index (χ0v) is 16.5. The average Bonchev–Trinajstić information content (AvgIpc) is 3.42. The number of amides is 1. The summed E-state index contributed by atoms with van der Waals surface area (Å²) in [6, 6.07) is 13.5. The van der Waals surface area contributed by atoms with E-state index >= 15 is 0 Å². The van der Waals surface area contributed by atoms with Crippen LogP contribution in [0.2, 0.25) is 0 Å². The van der Waals surface area contributed by atoms with Crippen molar-refractivity contribution >= 4 is 24.2 Å². The van der Waals surface area contributed by atoms with Gasteiger partial charge in [-0.2, -0.15) is 0 Å². The van der Waals surface area contributed by atoms with Crippen molar-refractivity contribution in [2.45, 2.75) is 44.1 Å². The molecule has 2 aromatic carbocycles. The molecule has 0 saturated carbocycles. The number of nitrogens with one attached hydrogen (secondary N) is 1. The molecular weight excluding hydrogens is 385 g/mol. The molecule has 0 aliphatic carbocycles. The van der Waals surface area contributed by atoms with Crippen LogP contribution >= 0.6 is 0 Å². The van der Waals surface area contributed by atoms with Crippen molar-refractivity contribution in [1.29, 1.82) is 0 Å². The Bertz CT molecular complexity index is 1110. The molecule has 3 heterocycles. The summed E-state index contributed by atoms with van der Waals surface area (Å²) in [6.07, 6.45) is 2.10. The van der Waals surface area contributed by atoms with Crippen LogP contribution < -0.4 is 5.32 Å². The van der Waals surface area contributed by atoms with Crippen LogP contribution in [0.5, 0.6) is 0 Å². The van der Waals surface area contributed by atoms with E-state index in [2.05, 4.69) is 5.32 Å². The number of furan rings is 1. The second-order valence-electron chi connectivity index (χ2n) is 7.90. The predicted molar refractivity (Wildman–Crippen MR) is 109 cm³/mol. The summed E-state index contributed by atoms with van der Waals surface area (Å²) < 4.78 is 17.0. The molecule has 1 saturated heterocycles. The fourth-order valence-electron chi connectivity index (χ4n) is 4.70. The summed E-state index contributed by atoms with van der Waals surface area (Å²) in [7, 11) is -2.03. The molecule has 0 spiro atoms. The number of fused-ring (bicyclic) bond motifs is 6. The van der Waals surface area contributed by atoms with Crippen LogP contribution in [0, 0.1) is 6.92 Å². The molecule has 8 heteroatoms. The number of aryl methyl sites for hydroxylation is 1. The zero-order valence-electron chi connectivity index (χ0n) is 16.5. The van der Waals surface area contributed by atoms with E-state index in [1.165, 1.54) is 0 Å². The molecule has 30 heavy (non-hydrogen) atoms. The maximum atomic E-state index is 13.3. The quantitative estimate of drug-likeness (QED) is 0.429. The minimum atomic E-state index is -2.03. The van der Waals surface area contributed by atoms with Crippen LogP contribution in [-0.4, -0.2) is 29.5 Å². The number of para-hydroxylation sites is 1. The van der Waals surface area contributed by atoms with E-state index < -0.39 is 19.2 Å². The van der Waals surface area contributed by atoms with Crippen LogP contribution in [0.1, 0.15) is 41.2 Å². The Hall–Kier alpha value is -2.65. The highest BCUT2D eigenvalue weighted by molar-refractivity contribution is 6.32. The van der Waals surface area contributed by atoms with E-state index in [0.717, 1.165) is 39.6 Å². The molecule has 7 nitrogen and oxygen atoms in total. The summed E-state index contributed by atoms with van der Waals surface area (Å²) in [5.41, 5.74) is 3.38. The number of hydrogen-bond acceptors (Lipinski definition) is 6. The lowest BCUT2D eigenvalue weighted by Crippen LogP contribution is -2.50. The van der Waals surface area contributed by atoms with Gasteiger partial charge in [0.2, 0.25) is 0 Å². The number of rotatable bonds is 6. The van der Waals surface area contributed by atoms with Gasteiger partial charge in [0, 0.05) is 17.4 Å². The van der Waals surface area contributed by atoms with Gasteiger partial charge >= 0.3 is 7.32 Å². The van der Waals surface area contributed by atoms with Gasteiger partial charge in [-0.1, -0.05) is 42.5 Å². The normalized spacial score (nSPS) is 22.8. The van der Waals surface area contributed by atoms with E-state index in [9.17, 15) is 14.8 Å². The molecule has 5 rings (SSSR count). The first kappa shape index (κ1) is 19.3. The Morgan fingerprint density at radius 3 is 2.97 bits per heavy atom. The Labute approximate surface area is 173 Å². The van der Waals surface area contributed by atoms with Crippen molar-refractivity contribution in [2.24, 2.45) is 0 Å². The highest BCUT2D eigenvalue weighted by Gasteiger charge is 2.55. The summed E-state index contributed by atoms with van der Waals surface area (Å²) in [6.45, 7) is 1.95. The van der Waals surface area contributed by atoms with Gasteiger partial charge in [-0.3, -0.25) is 4.79 Å². The Morgan fingerprint density at radius 2 is 2.13 bits per heavy atom. The summed E-state index contributed by atoms with van der Waals surface area (Å²) in [5, 5.41) is 22.5. The predicted octanol–water partition coefficient (Wildman–Crippen LogP) is 2.47. The average molecular weight is 407 g/mol. The molecule has 3 atom stereocenters. The molecule has 3 N–H and O–H groups in total. The van der Waals surface area contributed by atoms with Crippen LogP contribution in [0.3, 0.4) is 0 Å². The standard InChI is InChI=1S/C22H22BNO6/c1-13-5-4-7-15-14(12-28-20(13)15)11-19(30-23(26)27)24-21(25)22-10-9-18(29-22)16-6-2-3-8-17(16)22/h2-8,12,18-19,26-27H,9-11H2,1H3,(H,24,25)/t18-,19-,22+/m1/s1. The van der Waals surface area contributed by atoms with Gasteiger partial charge in [0.1, 0.15) is 11.8 Å². The Balaban J connectivity index is 1.41. The number of hydrogen-bond donors (Lipinski definition) is 3.